The molecule has 1 amide bonds. The van der Waals surface area contributed by atoms with E-state index in [0.717, 1.165) is 24.2 Å². The first-order chi connectivity index (χ1) is 15.1. The van der Waals surface area contributed by atoms with E-state index in [-0.39, 0.29) is 18.3 Å². The zero-order valence-electron chi connectivity index (χ0n) is 17.7. The summed E-state index contributed by atoms with van der Waals surface area (Å²) >= 11 is 0. The van der Waals surface area contributed by atoms with Crippen molar-refractivity contribution in [3.8, 4) is 11.4 Å². The standard InChI is InChI=1S/C23H27FN6O/c1-17-4-2-3-13-29(17)15-19-5-9-20(10-6-19)23-26-28-30(27-23)16-22(31)25-14-18-7-11-21(24)12-8-18/h5-12,17H,2-4,13-16H2,1H3,(H,25,31)/t17-/m1/s1. The molecular formula is C23H27FN6O. The maximum absolute atomic E-state index is 12.9. The van der Waals surface area contributed by atoms with E-state index in [2.05, 4.69) is 44.7 Å². The number of hydrogen-bond acceptors (Lipinski definition) is 5. The molecule has 1 fully saturated rings. The van der Waals surface area contributed by atoms with Crippen LogP contribution in [0.5, 0.6) is 0 Å². The third-order valence-electron chi connectivity index (χ3n) is 5.68. The van der Waals surface area contributed by atoms with Crippen LogP contribution in [0, 0.1) is 5.82 Å². The van der Waals surface area contributed by atoms with Crippen molar-refractivity contribution in [2.24, 2.45) is 0 Å². The van der Waals surface area contributed by atoms with Crippen LogP contribution in [0.4, 0.5) is 4.39 Å². The Kier molecular flexibility index (Phi) is 6.66. The summed E-state index contributed by atoms with van der Waals surface area (Å²) in [6, 6.07) is 14.8. The minimum Gasteiger partial charge on any atom is -0.350 e. The van der Waals surface area contributed by atoms with Gasteiger partial charge in [-0.15, -0.1) is 10.2 Å². The highest BCUT2D eigenvalue weighted by atomic mass is 19.1. The Balaban J connectivity index is 1.30. The molecule has 3 aromatic rings. The normalized spacial score (nSPS) is 16.9. The van der Waals surface area contributed by atoms with Gasteiger partial charge in [-0.3, -0.25) is 9.69 Å². The molecule has 7 nitrogen and oxygen atoms in total. The lowest BCUT2D eigenvalue weighted by molar-refractivity contribution is -0.122. The smallest absolute Gasteiger partial charge is 0.243 e. The van der Waals surface area contributed by atoms with E-state index in [1.165, 1.54) is 41.8 Å². The van der Waals surface area contributed by atoms with E-state index in [1.807, 2.05) is 12.1 Å². The van der Waals surface area contributed by atoms with E-state index in [4.69, 9.17) is 0 Å². The predicted octanol–water partition coefficient (Wildman–Crippen LogP) is 3.17. The third kappa shape index (κ3) is 5.73. The van der Waals surface area contributed by atoms with Gasteiger partial charge in [-0.2, -0.15) is 4.80 Å². The number of benzene rings is 2. The highest BCUT2D eigenvalue weighted by molar-refractivity contribution is 5.75. The lowest BCUT2D eigenvalue weighted by atomic mass is 10.0. The van der Waals surface area contributed by atoms with Crippen molar-refractivity contribution in [3.05, 3.63) is 65.5 Å². The van der Waals surface area contributed by atoms with Gasteiger partial charge in [0.15, 0.2) is 0 Å². The lowest BCUT2D eigenvalue weighted by Crippen LogP contribution is -2.36. The molecule has 2 aromatic carbocycles. The quantitative estimate of drug-likeness (QED) is 0.633. The minimum absolute atomic E-state index is 0.0286. The number of likely N-dealkylation sites (tertiary alicyclic amines) is 1. The maximum Gasteiger partial charge on any atom is 0.243 e. The Hall–Kier alpha value is -3.13. The minimum atomic E-state index is -0.302. The summed E-state index contributed by atoms with van der Waals surface area (Å²) in [4.78, 5) is 15.9. The second-order valence-electron chi connectivity index (χ2n) is 8.06. The van der Waals surface area contributed by atoms with Gasteiger partial charge in [0, 0.05) is 24.7 Å². The van der Waals surface area contributed by atoms with Gasteiger partial charge in [-0.1, -0.05) is 42.8 Å². The molecule has 0 unspecified atom stereocenters. The summed E-state index contributed by atoms with van der Waals surface area (Å²) in [6.07, 6.45) is 3.86. The number of carbonyl (C=O) groups is 1. The number of hydrogen-bond donors (Lipinski definition) is 1. The molecule has 1 aliphatic rings. The number of carbonyl (C=O) groups excluding carboxylic acids is 1. The van der Waals surface area contributed by atoms with E-state index in [0.29, 0.717) is 18.4 Å². The first-order valence-electron chi connectivity index (χ1n) is 10.7. The van der Waals surface area contributed by atoms with Gasteiger partial charge >= 0.3 is 0 Å². The van der Waals surface area contributed by atoms with Gasteiger partial charge in [0.05, 0.1) is 0 Å². The summed E-state index contributed by atoms with van der Waals surface area (Å²) < 4.78 is 12.9. The Morgan fingerprint density at radius 2 is 1.84 bits per heavy atom. The first-order valence-corrected chi connectivity index (χ1v) is 10.7. The average Bonchev–Trinajstić information content (AvgIpc) is 3.24. The molecule has 0 aliphatic carbocycles. The molecular weight excluding hydrogens is 395 g/mol. The highest BCUT2D eigenvalue weighted by Gasteiger charge is 2.18. The molecule has 2 heterocycles. The number of amides is 1. The number of halogens is 1. The van der Waals surface area contributed by atoms with Gasteiger partial charge in [0.1, 0.15) is 12.4 Å². The van der Waals surface area contributed by atoms with Crippen molar-refractivity contribution in [2.45, 2.75) is 51.9 Å². The average molecular weight is 423 g/mol. The van der Waals surface area contributed by atoms with Crippen molar-refractivity contribution >= 4 is 5.91 Å². The summed E-state index contributed by atoms with van der Waals surface area (Å²) in [7, 11) is 0. The topological polar surface area (TPSA) is 75.9 Å². The zero-order valence-corrected chi connectivity index (χ0v) is 17.7. The van der Waals surface area contributed by atoms with Crippen molar-refractivity contribution in [1.82, 2.24) is 30.4 Å². The van der Waals surface area contributed by atoms with Gasteiger partial charge in [0.2, 0.25) is 11.7 Å². The number of nitrogens with one attached hydrogen (secondary N) is 1. The molecule has 1 N–H and O–H groups in total. The second-order valence-corrected chi connectivity index (χ2v) is 8.06. The fraction of sp³-hybridized carbons (Fsp3) is 0.391. The summed E-state index contributed by atoms with van der Waals surface area (Å²) in [5.41, 5.74) is 2.96. The molecule has 1 aliphatic heterocycles. The first kappa shape index (κ1) is 21.1. The van der Waals surface area contributed by atoms with Crippen LogP contribution in [0.2, 0.25) is 0 Å². The monoisotopic (exact) mass is 422 g/mol. The van der Waals surface area contributed by atoms with Crippen LogP contribution < -0.4 is 5.32 Å². The van der Waals surface area contributed by atoms with Crippen LogP contribution in [0.15, 0.2) is 48.5 Å². The lowest BCUT2D eigenvalue weighted by Gasteiger charge is -2.33. The Morgan fingerprint density at radius 3 is 2.58 bits per heavy atom. The molecule has 1 aromatic heterocycles. The zero-order chi connectivity index (χ0) is 21.6. The molecule has 0 saturated carbocycles. The predicted molar refractivity (Wildman–Crippen MR) is 115 cm³/mol. The van der Waals surface area contributed by atoms with Crippen LogP contribution in [0.25, 0.3) is 11.4 Å². The van der Waals surface area contributed by atoms with Gasteiger partial charge < -0.3 is 5.32 Å². The molecule has 162 valence electrons. The number of aromatic nitrogens is 4. The molecule has 0 spiro atoms. The Labute approximate surface area is 181 Å². The molecule has 1 atom stereocenters. The molecule has 8 heteroatoms. The van der Waals surface area contributed by atoms with Crippen molar-refractivity contribution in [2.75, 3.05) is 6.54 Å². The SMILES string of the molecule is C[C@@H]1CCCCN1Cc1ccc(-c2nnn(CC(=O)NCc3ccc(F)cc3)n2)cc1. The van der Waals surface area contributed by atoms with Crippen LogP contribution in [0.1, 0.15) is 37.3 Å². The van der Waals surface area contributed by atoms with Crippen molar-refractivity contribution in [1.29, 1.82) is 0 Å². The number of rotatable bonds is 7. The van der Waals surface area contributed by atoms with Crippen LogP contribution in [-0.2, 0) is 24.4 Å². The number of piperidine rings is 1. The van der Waals surface area contributed by atoms with Crippen molar-refractivity contribution in [3.63, 3.8) is 0 Å². The number of nitrogens with zero attached hydrogens (tertiary/aromatic N) is 5. The third-order valence-corrected chi connectivity index (χ3v) is 5.68. The van der Waals surface area contributed by atoms with Gasteiger partial charge in [-0.25, -0.2) is 4.39 Å². The van der Waals surface area contributed by atoms with Crippen LogP contribution >= 0.6 is 0 Å². The molecule has 31 heavy (non-hydrogen) atoms. The van der Waals surface area contributed by atoms with Crippen LogP contribution in [-0.4, -0.2) is 43.6 Å². The van der Waals surface area contributed by atoms with E-state index in [1.54, 1.807) is 12.1 Å². The summed E-state index contributed by atoms with van der Waals surface area (Å²) in [5, 5.41) is 15.1. The van der Waals surface area contributed by atoms with Crippen LogP contribution in [0.3, 0.4) is 0 Å². The summed E-state index contributed by atoms with van der Waals surface area (Å²) in [6.45, 7) is 4.69. The van der Waals surface area contributed by atoms with E-state index in [9.17, 15) is 9.18 Å². The van der Waals surface area contributed by atoms with E-state index < -0.39 is 0 Å². The summed E-state index contributed by atoms with van der Waals surface area (Å²) in [5.74, 6) is -0.0491. The van der Waals surface area contributed by atoms with E-state index >= 15 is 0 Å². The molecule has 1 saturated heterocycles. The fourth-order valence-electron chi connectivity index (χ4n) is 3.80. The Morgan fingerprint density at radius 1 is 1.10 bits per heavy atom. The highest BCUT2D eigenvalue weighted by Crippen LogP contribution is 2.21. The largest absolute Gasteiger partial charge is 0.350 e. The Bertz CT molecular complexity index is 1000. The molecule has 4 rings (SSSR count). The maximum atomic E-state index is 12.9. The van der Waals surface area contributed by atoms with Crippen molar-refractivity contribution < 1.29 is 9.18 Å². The molecule has 0 radical (unpaired) electrons. The van der Waals surface area contributed by atoms with Gasteiger partial charge in [0.25, 0.3) is 0 Å². The second kappa shape index (κ2) is 9.78. The number of tetrazole rings is 1. The molecule has 0 bridgehead atoms. The fourth-order valence-corrected chi connectivity index (χ4v) is 3.80. The van der Waals surface area contributed by atoms with Gasteiger partial charge in [-0.05, 0) is 54.8 Å².